The highest BCUT2D eigenvalue weighted by atomic mass is 32.2. The van der Waals surface area contributed by atoms with Crippen molar-refractivity contribution in [3.8, 4) is 33.6 Å². The molecule has 0 saturated heterocycles. The molecule has 2 nitrogen and oxygen atoms in total. The first-order chi connectivity index (χ1) is 14.3. The Labute approximate surface area is 175 Å². The molecule has 0 amide bonds. The van der Waals surface area contributed by atoms with E-state index in [1.807, 2.05) is 12.1 Å². The summed E-state index contributed by atoms with van der Waals surface area (Å²) < 4.78 is 0. The van der Waals surface area contributed by atoms with Crippen molar-refractivity contribution in [2.45, 2.75) is 6.42 Å². The molecular weight excluding hydrogens is 372 g/mol. The molecule has 4 aromatic rings. The third-order valence-electron chi connectivity index (χ3n) is 5.25. The summed E-state index contributed by atoms with van der Waals surface area (Å²) in [6, 6.07) is 31.6. The van der Waals surface area contributed by atoms with E-state index in [0.717, 1.165) is 39.7 Å². The second-order valence-corrected chi connectivity index (χ2v) is 7.90. The van der Waals surface area contributed by atoms with E-state index in [-0.39, 0.29) is 0 Å². The lowest BCUT2D eigenvalue weighted by Crippen LogP contribution is -2.03. The van der Waals surface area contributed by atoms with Crippen LogP contribution in [0.2, 0.25) is 0 Å². The second kappa shape index (κ2) is 7.69. The van der Waals surface area contributed by atoms with Crippen LogP contribution in [0.5, 0.6) is 0 Å². The van der Waals surface area contributed by atoms with Gasteiger partial charge >= 0.3 is 0 Å². The number of fused-ring (bicyclic) bond motifs is 3. The van der Waals surface area contributed by atoms with Gasteiger partial charge in [0.2, 0.25) is 0 Å². The Hall–Kier alpha value is -3.17. The van der Waals surface area contributed by atoms with E-state index >= 15 is 0 Å². The minimum atomic E-state index is 0.789. The molecule has 1 aliphatic heterocycles. The highest BCUT2D eigenvalue weighted by molar-refractivity contribution is 8.13. The third-order valence-corrected chi connectivity index (χ3v) is 5.95. The maximum Gasteiger partial charge on any atom is 0.0781 e. The predicted octanol–water partition coefficient (Wildman–Crippen LogP) is 7.03. The van der Waals surface area contributed by atoms with E-state index in [0.29, 0.717) is 0 Å². The summed E-state index contributed by atoms with van der Waals surface area (Å²) in [5, 5.41) is 1.11. The van der Waals surface area contributed by atoms with Gasteiger partial charge in [-0.25, -0.2) is 9.98 Å². The quantitative estimate of drug-likeness (QED) is 0.366. The first-order valence-corrected chi connectivity index (χ1v) is 10.9. The minimum Gasteiger partial charge on any atom is -0.247 e. The number of thioether (sulfide) groups is 1. The summed E-state index contributed by atoms with van der Waals surface area (Å²) in [5.41, 5.74) is 8.93. The first-order valence-electron chi connectivity index (χ1n) is 9.69. The van der Waals surface area contributed by atoms with E-state index in [2.05, 4.69) is 85.1 Å². The first kappa shape index (κ1) is 17.9. The van der Waals surface area contributed by atoms with Gasteiger partial charge in [-0.1, -0.05) is 78.9 Å². The monoisotopic (exact) mass is 392 g/mol. The number of nitrogens with zero attached hydrogens (tertiary/aromatic N) is 2. The summed E-state index contributed by atoms with van der Waals surface area (Å²) in [4.78, 5) is 10.1. The molecule has 0 saturated carbocycles. The molecule has 1 aromatic heterocycles. The number of hydrogen-bond acceptors (Lipinski definition) is 3. The number of rotatable bonds is 2. The molecule has 0 unspecified atom stereocenters. The molecule has 0 aliphatic carbocycles. The Bertz CT molecular complexity index is 1200. The lowest BCUT2D eigenvalue weighted by atomic mass is 9.92. The normalized spacial score (nSPS) is 12.5. The van der Waals surface area contributed by atoms with Gasteiger partial charge in [0.1, 0.15) is 0 Å². The van der Waals surface area contributed by atoms with Gasteiger partial charge in [-0.2, -0.15) is 0 Å². The highest BCUT2D eigenvalue weighted by Gasteiger charge is 2.22. The Morgan fingerprint density at radius 3 is 2.10 bits per heavy atom. The summed E-state index contributed by atoms with van der Waals surface area (Å²) in [5.74, 6) is 0. The molecule has 0 fully saturated rings. The Morgan fingerprint density at radius 2 is 1.38 bits per heavy atom. The van der Waals surface area contributed by atoms with Crippen molar-refractivity contribution in [3.05, 3.63) is 96.6 Å². The van der Waals surface area contributed by atoms with Crippen LogP contribution >= 0.6 is 11.8 Å². The van der Waals surface area contributed by atoms with Crippen LogP contribution in [0.4, 0.5) is 5.69 Å². The van der Waals surface area contributed by atoms with Crippen LogP contribution in [0, 0.1) is 0 Å². The van der Waals surface area contributed by atoms with E-state index in [4.69, 9.17) is 9.98 Å². The maximum absolute atomic E-state index is 5.16. The van der Waals surface area contributed by atoms with Crippen molar-refractivity contribution in [2.75, 3.05) is 6.26 Å². The smallest absolute Gasteiger partial charge is 0.0781 e. The second-order valence-electron chi connectivity index (χ2n) is 7.02. The lowest BCUT2D eigenvalue weighted by molar-refractivity contribution is 1.25. The molecule has 3 heteroatoms. The van der Waals surface area contributed by atoms with Crippen molar-refractivity contribution in [3.63, 3.8) is 0 Å². The van der Waals surface area contributed by atoms with Gasteiger partial charge in [0.15, 0.2) is 0 Å². The Morgan fingerprint density at radius 1 is 0.724 bits per heavy atom. The molecule has 3 aromatic carbocycles. The number of hydrogen-bond donors (Lipinski definition) is 0. The molecule has 0 N–H and O–H groups in total. The molecular formula is C26H20N2S. The van der Waals surface area contributed by atoms with Gasteiger partial charge in [0.25, 0.3) is 0 Å². The van der Waals surface area contributed by atoms with Gasteiger partial charge in [0, 0.05) is 17.5 Å². The van der Waals surface area contributed by atoms with Crippen LogP contribution in [0.25, 0.3) is 33.6 Å². The van der Waals surface area contributed by atoms with Gasteiger partial charge < -0.3 is 0 Å². The summed E-state index contributed by atoms with van der Waals surface area (Å²) >= 11 is 1.71. The van der Waals surface area contributed by atoms with Crippen molar-refractivity contribution in [1.82, 2.24) is 4.98 Å². The van der Waals surface area contributed by atoms with Crippen molar-refractivity contribution in [1.29, 1.82) is 0 Å². The summed E-state index contributed by atoms with van der Waals surface area (Å²) in [7, 11) is 0. The molecule has 29 heavy (non-hydrogen) atoms. The highest BCUT2D eigenvalue weighted by Crippen LogP contribution is 2.41. The SMILES string of the molecule is CSC1=Nc2ccccc2-c2nc(-c3ccccc3)cc(-c3ccccc3)c2C1. The predicted molar refractivity (Wildman–Crippen MR) is 125 cm³/mol. The zero-order chi connectivity index (χ0) is 19.6. The molecule has 1 aliphatic rings. The fourth-order valence-corrected chi connectivity index (χ4v) is 4.30. The number of aromatic nitrogens is 1. The van der Waals surface area contributed by atoms with E-state index < -0.39 is 0 Å². The topological polar surface area (TPSA) is 25.2 Å². The molecule has 0 spiro atoms. The summed E-state index contributed by atoms with van der Waals surface area (Å²) in [6.07, 6.45) is 2.89. The fraction of sp³-hybridized carbons (Fsp3) is 0.0769. The molecule has 2 heterocycles. The Kier molecular flexibility index (Phi) is 4.74. The molecule has 0 radical (unpaired) electrons. The molecule has 0 atom stereocenters. The lowest BCUT2D eigenvalue weighted by Gasteiger charge is -2.16. The van der Waals surface area contributed by atoms with Crippen molar-refractivity contribution < 1.29 is 0 Å². The average molecular weight is 393 g/mol. The van der Waals surface area contributed by atoms with Crippen LogP contribution in [0.1, 0.15) is 5.56 Å². The number of para-hydroxylation sites is 1. The van der Waals surface area contributed by atoms with Gasteiger partial charge in [-0.15, -0.1) is 11.8 Å². The van der Waals surface area contributed by atoms with E-state index in [1.54, 1.807) is 11.8 Å². The number of pyridine rings is 1. The average Bonchev–Trinajstić information content (AvgIpc) is 2.96. The van der Waals surface area contributed by atoms with Crippen LogP contribution in [0.3, 0.4) is 0 Å². The third kappa shape index (κ3) is 3.39. The molecule has 0 bridgehead atoms. The summed E-state index contributed by atoms with van der Waals surface area (Å²) in [6.45, 7) is 0. The van der Waals surface area contributed by atoms with Crippen molar-refractivity contribution in [2.24, 2.45) is 4.99 Å². The minimum absolute atomic E-state index is 0.789. The van der Waals surface area contributed by atoms with Crippen LogP contribution in [-0.2, 0) is 6.42 Å². The largest absolute Gasteiger partial charge is 0.247 e. The Balaban J connectivity index is 1.84. The molecule has 140 valence electrons. The molecule has 5 rings (SSSR count). The standard InChI is InChI=1S/C26H20N2S/c1-29-25-17-22-21(18-10-4-2-5-11-18)16-24(19-12-6-3-7-13-19)28-26(22)20-14-8-9-15-23(20)27-25/h2-16H,17H2,1H3. The van der Waals surface area contributed by atoms with Crippen LogP contribution < -0.4 is 0 Å². The van der Waals surface area contributed by atoms with Crippen LogP contribution in [-0.4, -0.2) is 16.3 Å². The van der Waals surface area contributed by atoms with Gasteiger partial charge in [-0.3, -0.25) is 0 Å². The fourth-order valence-electron chi connectivity index (χ4n) is 3.82. The zero-order valence-electron chi connectivity index (χ0n) is 16.2. The number of aliphatic imine (C=N–C) groups is 1. The van der Waals surface area contributed by atoms with Gasteiger partial charge in [0.05, 0.1) is 22.1 Å². The zero-order valence-corrected chi connectivity index (χ0v) is 17.0. The maximum atomic E-state index is 5.16. The van der Waals surface area contributed by atoms with E-state index in [1.165, 1.54) is 16.7 Å². The van der Waals surface area contributed by atoms with Crippen LogP contribution in [0.15, 0.2) is 96.0 Å². The van der Waals surface area contributed by atoms with Gasteiger partial charge in [-0.05, 0) is 35.1 Å². The van der Waals surface area contributed by atoms with Crippen molar-refractivity contribution >= 4 is 22.5 Å². The number of benzene rings is 3. The van der Waals surface area contributed by atoms with E-state index in [9.17, 15) is 0 Å².